The molecule has 0 fully saturated rings. The van der Waals surface area contributed by atoms with Crippen molar-refractivity contribution in [1.29, 1.82) is 0 Å². The van der Waals surface area contributed by atoms with Crippen molar-refractivity contribution in [2.45, 2.75) is 0 Å². The lowest BCUT2D eigenvalue weighted by Gasteiger charge is -2.21. The fourth-order valence-corrected chi connectivity index (χ4v) is 4.69. The molecule has 0 aliphatic carbocycles. The lowest BCUT2D eigenvalue weighted by molar-refractivity contribution is 0.0686. The SMILES string of the molecule is O=C(O)c1ccc(NCP(CNc2ccc(C(=O)O)cc2)c2ccccc2O)cc1. The zero-order valence-electron chi connectivity index (χ0n) is 15.9. The number of carboxylic acid groups (broad SMARTS) is 2. The normalized spacial score (nSPS) is 10.6. The van der Waals surface area contributed by atoms with Crippen LogP contribution in [0.1, 0.15) is 20.7 Å². The van der Waals surface area contributed by atoms with Crippen LogP contribution in [0.5, 0.6) is 5.75 Å². The summed E-state index contributed by atoms with van der Waals surface area (Å²) in [6.07, 6.45) is 1.11. The minimum atomic E-state index is -0.976. The average molecular weight is 424 g/mol. The molecule has 0 unspecified atom stereocenters. The number of phenols is 1. The fourth-order valence-electron chi connectivity index (χ4n) is 2.79. The predicted molar refractivity (Wildman–Crippen MR) is 118 cm³/mol. The number of aromatic hydroxyl groups is 1. The topological polar surface area (TPSA) is 119 Å². The zero-order chi connectivity index (χ0) is 21.5. The summed E-state index contributed by atoms with van der Waals surface area (Å²) in [5, 5.41) is 35.8. The highest BCUT2D eigenvalue weighted by Crippen LogP contribution is 2.37. The van der Waals surface area contributed by atoms with Crippen LogP contribution in [0.2, 0.25) is 0 Å². The van der Waals surface area contributed by atoms with Gasteiger partial charge in [0.25, 0.3) is 0 Å². The standard InChI is InChI=1S/C22H21N2O5P/c25-19-3-1-2-4-20(19)30(13-23-17-9-5-15(6-10-17)21(26)27)14-24-18-11-7-16(8-12-18)22(28)29/h1-12,23-25H,13-14H2,(H,26,27)(H,28,29). The summed E-state index contributed by atoms with van der Waals surface area (Å²) in [5.74, 6) is -1.73. The van der Waals surface area contributed by atoms with Crippen LogP contribution in [0, 0.1) is 0 Å². The van der Waals surface area contributed by atoms with Gasteiger partial charge in [-0.05, 0) is 62.5 Å². The molecule has 154 valence electrons. The van der Waals surface area contributed by atoms with Crippen molar-refractivity contribution in [2.24, 2.45) is 0 Å². The molecule has 0 atom stereocenters. The van der Waals surface area contributed by atoms with Gasteiger partial charge in [-0.15, -0.1) is 0 Å². The molecule has 3 aromatic rings. The quantitative estimate of drug-likeness (QED) is 0.329. The van der Waals surface area contributed by atoms with E-state index in [1.54, 1.807) is 36.4 Å². The Hall–Kier alpha value is -3.57. The molecule has 0 saturated carbocycles. The van der Waals surface area contributed by atoms with Crippen molar-refractivity contribution >= 4 is 36.5 Å². The first-order valence-corrected chi connectivity index (χ1v) is 10.8. The summed E-state index contributed by atoms with van der Waals surface area (Å²) < 4.78 is 0. The third-order valence-corrected chi connectivity index (χ3v) is 6.57. The summed E-state index contributed by atoms with van der Waals surface area (Å²) >= 11 is 0. The molecule has 30 heavy (non-hydrogen) atoms. The first-order chi connectivity index (χ1) is 14.4. The molecular formula is C22H21N2O5P. The molecule has 5 N–H and O–H groups in total. The minimum Gasteiger partial charge on any atom is -0.507 e. The molecule has 0 aliphatic rings. The third kappa shape index (κ3) is 5.49. The molecule has 0 radical (unpaired) electrons. The van der Waals surface area contributed by atoms with Gasteiger partial charge in [-0.3, -0.25) is 0 Å². The van der Waals surface area contributed by atoms with Crippen LogP contribution >= 0.6 is 7.92 Å². The second-order valence-corrected chi connectivity index (χ2v) is 8.66. The molecule has 0 aliphatic heterocycles. The number of nitrogens with one attached hydrogen (secondary N) is 2. The van der Waals surface area contributed by atoms with Gasteiger partial charge >= 0.3 is 11.9 Å². The van der Waals surface area contributed by atoms with Gasteiger partial charge in [0.05, 0.1) is 11.1 Å². The summed E-state index contributed by atoms with van der Waals surface area (Å²) in [6.45, 7) is 0. The predicted octanol–water partition coefficient (Wildman–Crippen LogP) is 4.04. The molecule has 3 rings (SSSR count). The van der Waals surface area contributed by atoms with E-state index in [-0.39, 0.29) is 16.9 Å². The van der Waals surface area contributed by atoms with E-state index in [9.17, 15) is 14.7 Å². The first-order valence-electron chi connectivity index (χ1n) is 9.11. The van der Waals surface area contributed by atoms with Crippen molar-refractivity contribution < 1.29 is 24.9 Å². The monoisotopic (exact) mass is 424 g/mol. The van der Waals surface area contributed by atoms with E-state index in [1.165, 1.54) is 24.3 Å². The van der Waals surface area contributed by atoms with Crippen LogP contribution < -0.4 is 15.9 Å². The molecule has 7 nitrogen and oxygen atoms in total. The van der Waals surface area contributed by atoms with Gasteiger partial charge in [-0.25, -0.2) is 9.59 Å². The molecule has 0 aromatic heterocycles. The van der Waals surface area contributed by atoms with E-state index in [2.05, 4.69) is 10.6 Å². The summed E-state index contributed by atoms with van der Waals surface area (Å²) in [5.41, 5.74) is 2.01. The lowest BCUT2D eigenvalue weighted by Crippen LogP contribution is -2.16. The van der Waals surface area contributed by atoms with E-state index in [0.717, 1.165) is 16.7 Å². The number of hydrogen-bond acceptors (Lipinski definition) is 5. The van der Waals surface area contributed by atoms with Crippen molar-refractivity contribution in [3.63, 3.8) is 0 Å². The highest BCUT2D eigenvalue weighted by atomic mass is 31.1. The Labute approximate surface area is 174 Å². The van der Waals surface area contributed by atoms with E-state index in [4.69, 9.17) is 10.2 Å². The molecule has 3 aromatic carbocycles. The van der Waals surface area contributed by atoms with Crippen molar-refractivity contribution in [3.8, 4) is 5.75 Å². The average Bonchev–Trinajstić information content (AvgIpc) is 2.75. The van der Waals surface area contributed by atoms with E-state index < -0.39 is 19.9 Å². The fraction of sp³-hybridized carbons (Fsp3) is 0.0909. The van der Waals surface area contributed by atoms with Crippen molar-refractivity contribution in [3.05, 3.63) is 83.9 Å². The first kappa shape index (κ1) is 21.1. The Kier molecular flexibility index (Phi) is 6.88. The van der Waals surface area contributed by atoms with Crippen LogP contribution in [0.4, 0.5) is 11.4 Å². The van der Waals surface area contributed by atoms with Crippen molar-refractivity contribution in [2.75, 3.05) is 23.2 Å². The number of carboxylic acids is 2. The number of para-hydroxylation sites is 1. The maximum absolute atomic E-state index is 11.0. The van der Waals surface area contributed by atoms with E-state index >= 15 is 0 Å². The molecule has 0 saturated heterocycles. The summed E-state index contributed by atoms with van der Waals surface area (Å²) in [6, 6.07) is 20.1. The summed E-state index contributed by atoms with van der Waals surface area (Å²) in [4.78, 5) is 22.0. The number of aromatic carboxylic acids is 2. The van der Waals surface area contributed by atoms with Gasteiger partial charge in [0, 0.05) is 29.3 Å². The zero-order valence-corrected chi connectivity index (χ0v) is 16.8. The largest absolute Gasteiger partial charge is 0.507 e. The van der Waals surface area contributed by atoms with Gasteiger partial charge in [-0.2, -0.15) is 0 Å². The number of hydrogen-bond donors (Lipinski definition) is 5. The molecule has 0 amide bonds. The maximum atomic E-state index is 11.0. The number of phenolic OH excluding ortho intramolecular Hbond substituents is 1. The van der Waals surface area contributed by atoms with E-state index in [1.807, 2.05) is 12.1 Å². The number of rotatable bonds is 9. The number of anilines is 2. The Bertz CT molecular complexity index is 961. The second-order valence-electron chi connectivity index (χ2n) is 6.46. The number of carbonyl (C=O) groups is 2. The molecular weight excluding hydrogens is 403 g/mol. The van der Waals surface area contributed by atoms with Crippen LogP contribution in [-0.2, 0) is 0 Å². The molecule has 0 spiro atoms. The lowest BCUT2D eigenvalue weighted by atomic mass is 10.2. The van der Waals surface area contributed by atoms with Crippen LogP contribution in [0.25, 0.3) is 0 Å². The van der Waals surface area contributed by atoms with Crippen LogP contribution in [-0.4, -0.2) is 39.8 Å². The third-order valence-electron chi connectivity index (χ3n) is 4.43. The second kappa shape index (κ2) is 9.76. The van der Waals surface area contributed by atoms with Gasteiger partial charge in [0.2, 0.25) is 0 Å². The van der Waals surface area contributed by atoms with Gasteiger partial charge in [0.1, 0.15) is 5.75 Å². The smallest absolute Gasteiger partial charge is 0.335 e. The Morgan fingerprint density at radius 1 is 0.700 bits per heavy atom. The number of benzene rings is 3. The molecule has 0 heterocycles. The van der Waals surface area contributed by atoms with Gasteiger partial charge in [-0.1, -0.05) is 18.2 Å². The molecule has 8 heteroatoms. The Balaban J connectivity index is 1.71. The highest BCUT2D eigenvalue weighted by Gasteiger charge is 2.15. The van der Waals surface area contributed by atoms with E-state index in [0.29, 0.717) is 12.6 Å². The minimum absolute atomic E-state index is 0.217. The Morgan fingerprint density at radius 3 is 1.53 bits per heavy atom. The van der Waals surface area contributed by atoms with Crippen LogP contribution in [0.3, 0.4) is 0 Å². The van der Waals surface area contributed by atoms with Gasteiger partial charge in [0.15, 0.2) is 0 Å². The highest BCUT2D eigenvalue weighted by molar-refractivity contribution is 7.66. The van der Waals surface area contributed by atoms with Gasteiger partial charge < -0.3 is 26.0 Å². The Morgan fingerprint density at radius 2 is 1.13 bits per heavy atom. The van der Waals surface area contributed by atoms with Crippen molar-refractivity contribution in [1.82, 2.24) is 0 Å². The summed E-state index contributed by atoms with van der Waals surface area (Å²) in [7, 11) is -0.869. The van der Waals surface area contributed by atoms with Crippen LogP contribution in [0.15, 0.2) is 72.8 Å². The molecule has 0 bridgehead atoms. The maximum Gasteiger partial charge on any atom is 0.335 e.